The van der Waals surface area contributed by atoms with Crippen LogP contribution in [0.4, 0.5) is 9.39 Å². The van der Waals surface area contributed by atoms with Gasteiger partial charge in [0.2, 0.25) is 5.91 Å². The molecule has 0 saturated heterocycles. The Balaban J connectivity index is 1.70. The molecule has 1 saturated carbocycles. The number of aryl methyl sites for hydroxylation is 1. The number of carbonyl (C=O) groups is 2. The highest BCUT2D eigenvalue weighted by atomic mass is 32.1. The summed E-state index contributed by atoms with van der Waals surface area (Å²) in [7, 11) is 0. The zero-order valence-corrected chi connectivity index (χ0v) is 16.0. The van der Waals surface area contributed by atoms with Gasteiger partial charge >= 0.3 is 0 Å². The first-order valence-corrected chi connectivity index (χ1v) is 10.3. The van der Waals surface area contributed by atoms with Gasteiger partial charge in [0.15, 0.2) is 0 Å². The van der Waals surface area contributed by atoms with Gasteiger partial charge in [0, 0.05) is 4.88 Å². The molecule has 0 aliphatic heterocycles. The van der Waals surface area contributed by atoms with Crippen LogP contribution < -0.4 is 11.1 Å². The Labute approximate surface area is 162 Å². The number of hydrogen-bond donors (Lipinski definition) is 2. The lowest BCUT2D eigenvalue weighted by Gasteiger charge is -2.28. The Kier molecular flexibility index (Phi) is 4.76. The Bertz CT molecular complexity index is 900. The van der Waals surface area contributed by atoms with E-state index in [0.717, 1.165) is 49.0 Å². The highest BCUT2D eigenvalue weighted by Gasteiger charge is 2.43. The molecule has 2 aromatic rings. The number of thiophene rings is 1. The van der Waals surface area contributed by atoms with Crippen molar-refractivity contribution < 1.29 is 14.0 Å². The molecule has 0 unspecified atom stereocenters. The smallest absolute Gasteiger partial charge is 0.251 e. The van der Waals surface area contributed by atoms with Crippen LogP contribution in [0.5, 0.6) is 0 Å². The summed E-state index contributed by atoms with van der Waals surface area (Å²) in [5.41, 5.74) is 7.07. The van der Waals surface area contributed by atoms with Crippen LogP contribution in [-0.4, -0.2) is 11.8 Å². The number of amides is 2. The molecule has 0 radical (unpaired) electrons. The maximum atomic E-state index is 13.8. The second-order valence-corrected chi connectivity index (χ2v) is 8.64. The fraction of sp³-hybridized carbons (Fsp3) is 0.429. The minimum atomic E-state index is -0.748. The van der Waals surface area contributed by atoms with Gasteiger partial charge in [0.05, 0.1) is 11.0 Å². The first-order valence-electron chi connectivity index (χ1n) is 9.53. The zero-order chi connectivity index (χ0) is 19.0. The van der Waals surface area contributed by atoms with Crippen molar-refractivity contribution in [3.63, 3.8) is 0 Å². The van der Waals surface area contributed by atoms with Crippen LogP contribution in [0.15, 0.2) is 24.3 Å². The molecule has 1 heterocycles. The Hall–Kier alpha value is -2.21. The van der Waals surface area contributed by atoms with Crippen molar-refractivity contribution >= 4 is 28.2 Å². The zero-order valence-electron chi connectivity index (χ0n) is 15.1. The minimum Gasteiger partial charge on any atom is -0.365 e. The Morgan fingerprint density at radius 3 is 2.56 bits per heavy atom. The molecule has 0 bridgehead atoms. The van der Waals surface area contributed by atoms with Crippen molar-refractivity contribution in [1.29, 1.82) is 0 Å². The molecule has 27 heavy (non-hydrogen) atoms. The molecule has 1 aromatic carbocycles. The molecule has 2 aliphatic carbocycles. The van der Waals surface area contributed by atoms with Crippen molar-refractivity contribution in [2.75, 3.05) is 5.32 Å². The molecule has 2 amide bonds. The Morgan fingerprint density at radius 1 is 1.11 bits per heavy atom. The summed E-state index contributed by atoms with van der Waals surface area (Å²) in [6, 6.07) is 6.32. The number of halogens is 1. The van der Waals surface area contributed by atoms with Crippen LogP contribution in [0.25, 0.3) is 0 Å². The fourth-order valence-corrected chi connectivity index (χ4v) is 5.84. The second kappa shape index (κ2) is 7.08. The quantitative estimate of drug-likeness (QED) is 0.822. The van der Waals surface area contributed by atoms with E-state index in [-0.39, 0.29) is 11.7 Å². The van der Waals surface area contributed by atoms with E-state index >= 15 is 0 Å². The van der Waals surface area contributed by atoms with Crippen LogP contribution in [0.1, 0.15) is 64.9 Å². The summed E-state index contributed by atoms with van der Waals surface area (Å²) in [4.78, 5) is 26.6. The number of anilines is 1. The first-order chi connectivity index (χ1) is 13.0. The molecule has 0 spiro atoms. The van der Waals surface area contributed by atoms with E-state index < -0.39 is 11.3 Å². The van der Waals surface area contributed by atoms with E-state index in [1.165, 1.54) is 23.5 Å². The number of hydrogen-bond acceptors (Lipinski definition) is 3. The summed E-state index contributed by atoms with van der Waals surface area (Å²) in [5.74, 6) is -0.987. The maximum Gasteiger partial charge on any atom is 0.251 e. The molecule has 1 fully saturated rings. The SMILES string of the molecule is NC(=O)c1c(NC(=O)C2(c3cccc(F)c3)CCCC2)sc2c1CCCC2. The van der Waals surface area contributed by atoms with E-state index in [1.807, 2.05) is 6.07 Å². The van der Waals surface area contributed by atoms with Gasteiger partial charge in [-0.15, -0.1) is 11.3 Å². The molecule has 142 valence electrons. The Morgan fingerprint density at radius 2 is 1.85 bits per heavy atom. The lowest BCUT2D eigenvalue weighted by atomic mass is 9.78. The van der Waals surface area contributed by atoms with Crippen LogP contribution in [0.3, 0.4) is 0 Å². The van der Waals surface area contributed by atoms with Crippen LogP contribution in [0.2, 0.25) is 0 Å². The molecule has 0 atom stereocenters. The molecular formula is C21H23FN2O2S. The summed E-state index contributed by atoms with van der Waals surface area (Å²) in [6.07, 6.45) is 7.08. The van der Waals surface area contributed by atoms with E-state index in [9.17, 15) is 14.0 Å². The summed E-state index contributed by atoms with van der Waals surface area (Å²) in [5, 5.41) is 3.56. The maximum absolute atomic E-state index is 13.8. The van der Waals surface area contributed by atoms with Gasteiger partial charge in [-0.3, -0.25) is 9.59 Å². The monoisotopic (exact) mass is 386 g/mol. The molecule has 6 heteroatoms. The lowest BCUT2D eigenvalue weighted by Crippen LogP contribution is -2.38. The molecule has 3 N–H and O–H groups in total. The highest BCUT2D eigenvalue weighted by molar-refractivity contribution is 7.17. The van der Waals surface area contributed by atoms with Gasteiger partial charge in [-0.2, -0.15) is 0 Å². The van der Waals surface area contributed by atoms with Crippen LogP contribution >= 0.6 is 11.3 Å². The van der Waals surface area contributed by atoms with Gasteiger partial charge < -0.3 is 11.1 Å². The largest absolute Gasteiger partial charge is 0.365 e. The topological polar surface area (TPSA) is 72.2 Å². The van der Waals surface area contributed by atoms with Crippen molar-refractivity contribution in [1.82, 2.24) is 0 Å². The average molecular weight is 386 g/mol. The van der Waals surface area contributed by atoms with Crippen LogP contribution in [0, 0.1) is 5.82 Å². The van der Waals surface area contributed by atoms with E-state index in [4.69, 9.17) is 5.73 Å². The van der Waals surface area contributed by atoms with Crippen molar-refractivity contribution in [3.05, 3.63) is 51.7 Å². The van der Waals surface area contributed by atoms with Gasteiger partial charge in [-0.25, -0.2) is 4.39 Å². The summed E-state index contributed by atoms with van der Waals surface area (Å²) < 4.78 is 13.8. The van der Waals surface area contributed by atoms with Gasteiger partial charge in [0.25, 0.3) is 5.91 Å². The van der Waals surface area contributed by atoms with Crippen molar-refractivity contribution in [3.8, 4) is 0 Å². The van der Waals surface area contributed by atoms with E-state index in [1.54, 1.807) is 6.07 Å². The average Bonchev–Trinajstić information content (AvgIpc) is 3.27. The third kappa shape index (κ3) is 3.16. The van der Waals surface area contributed by atoms with Crippen LogP contribution in [-0.2, 0) is 23.1 Å². The number of primary amides is 1. The van der Waals surface area contributed by atoms with E-state index in [2.05, 4.69) is 5.32 Å². The van der Waals surface area contributed by atoms with Gasteiger partial charge in [0.1, 0.15) is 10.8 Å². The second-order valence-electron chi connectivity index (χ2n) is 7.53. The molecular weight excluding hydrogens is 363 g/mol. The number of carbonyl (C=O) groups excluding carboxylic acids is 2. The number of nitrogens with two attached hydrogens (primary N) is 1. The fourth-order valence-electron chi connectivity index (χ4n) is 4.55. The number of fused-ring (bicyclic) bond motifs is 1. The highest BCUT2D eigenvalue weighted by Crippen LogP contribution is 2.44. The van der Waals surface area contributed by atoms with Crippen molar-refractivity contribution in [2.24, 2.45) is 5.73 Å². The minimum absolute atomic E-state index is 0.160. The normalized spacial score (nSPS) is 18.1. The number of benzene rings is 1. The van der Waals surface area contributed by atoms with Gasteiger partial charge in [-0.05, 0) is 61.8 Å². The predicted octanol–water partition coefficient (Wildman–Crippen LogP) is 4.32. The predicted molar refractivity (Wildman–Crippen MR) is 105 cm³/mol. The van der Waals surface area contributed by atoms with Gasteiger partial charge in [-0.1, -0.05) is 25.0 Å². The number of rotatable bonds is 4. The summed E-state index contributed by atoms with van der Waals surface area (Å²) >= 11 is 1.47. The number of nitrogens with one attached hydrogen (secondary N) is 1. The standard InChI is InChI=1S/C21H23FN2O2S/c22-14-7-5-6-13(12-14)21(10-3-4-11-21)20(26)24-19-17(18(23)25)15-8-1-2-9-16(15)27-19/h5-7,12H,1-4,8-11H2,(H2,23,25)(H,24,26). The third-order valence-electron chi connectivity index (χ3n) is 5.91. The molecule has 2 aliphatic rings. The lowest BCUT2D eigenvalue weighted by molar-refractivity contribution is -0.121. The molecule has 4 rings (SSSR count). The summed E-state index contributed by atoms with van der Waals surface area (Å²) in [6.45, 7) is 0. The third-order valence-corrected chi connectivity index (χ3v) is 7.12. The molecule has 4 nitrogen and oxygen atoms in total. The van der Waals surface area contributed by atoms with E-state index in [0.29, 0.717) is 29.0 Å². The first kappa shape index (κ1) is 18.2. The van der Waals surface area contributed by atoms with Crippen molar-refractivity contribution in [2.45, 2.75) is 56.8 Å². The molecule has 1 aromatic heterocycles.